The molecule has 0 spiro atoms. The first-order chi connectivity index (χ1) is 15.0. The maximum absolute atomic E-state index is 12.3. The fraction of sp³-hybridized carbons (Fsp3) is 0.130. The van der Waals surface area contributed by atoms with E-state index in [0.29, 0.717) is 23.6 Å². The van der Waals surface area contributed by atoms with Crippen molar-refractivity contribution in [1.82, 2.24) is 9.38 Å². The molecule has 0 fully saturated rings. The maximum atomic E-state index is 12.3. The highest BCUT2D eigenvalue weighted by Crippen LogP contribution is 2.20. The van der Waals surface area contributed by atoms with Crippen LogP contribution in [-0.2, 0) is 17.8 Å². The van der Waals surface area contributed by atoms with E-state index in [-0.39, 0.29) is 18.1 Å². The Morgan fingerprint density at radius 3 is 2.65 bits per heavy atom. The van der Waals surface area contributed by atoms with Crippen LogP contribution in [0.3, 0.4) is 0 Å². The van der Waals surface area contributed by atoms with E-state index in [0.717, 1.165) is 11.3 Å². The Hall–Kier alpha value is -3.94. The second-order valence-corrected chi connectivity index (χ2v) is 6.76. The summed E-state index contributed by atoms with van der Waals surface area (Å²) in [7, 11) is 0. The number of pyridine rings is 1. The van der Waals surface area contributed by atoms with Crippen molar-refractivity contribution in [2.75, 3.05) is 5.32 Å². The average Bonchev–Trinajstić information content (AvgIpc) is 3.17. The first-order valence-corrected chi connectivity index (χ1v) is 9.54. The van der Waals surface area contributed by atoms with Crippen LogP contribution in [0.15, 0.2) is 79.1 Å². The Balaban J connectivity index is 1.32. The van der Waals surface area contributed by atoms with E-state index in [1.54, 1.807) is 36.4 Å². The van der Waals surface area contributed by atoms with E-state index in [2.05, 4.69) is 15.0 Å². The van der Waals surface area contributed by atoms with Crippen LogP contribution in [0.1, 0.15) is 11.3 Å². The van der Waals surface area contributed by atoms with Crippen molar-refractivity contribution in [2.24, 2.45) is 0 Å². The Morgan fingerprint density at radius 1 is 1.03 bits per heavy atom. The van der Waals surface area contributed by atoms with Crippen LogP contribution in [0.25, 0.3) is 5.65 Å². The first-order valence-electron chi connectivity index (χ1n) is 9.54. The number of imidazole rings is 1. The third-order valence-corrected chi connectivity index (χ3v) is 4.43. The number of halogens is 2. The first kappa shape index (κ1) is 20.3. The van der Waals surface area contributed by atoms with Gasteiger partial charge in [0.2, 0.25) is 5.91 Å². The van der Waals surface area contributed by atoms with Gasteiger partial charge >= 0.3 is 6.61 Å². The number of amides is 1. The maximum Gasteiger partial charge on any atom is 0.387 e. The smallest absolute Gasteiger partial charge is 0.387 e. The van der Waals surface area contributed by atoms with Crippen LogP contribution in [-0.4, -0.2) is 21.9 Å². The topological polar surface area (TPSA) is 64.9 Å². The molecular weight excluding hydrogens is 404 g/mol. The fourth-order valence-electron chi connectivity index (χ4n) is 3.06. The zero-order valence-electron chi connectivity index (χ0n) is 16.4. The van der Waals surface area contributed by atoms with Gasteiger partial charge < -0.3 is 19.2 Å². The number of hydrogen-bond acceptors (Lipinski definition) is 4. The van der Waals surface area contributed by atoms with Gasteiger partial charge in [0, 0.05) is 24.1 Å². The number of anilines is 1. The predicted octanol–water partition coefficient (Wildman–Crippen LogP) is 4.70. The number of nitrogens with one attached hydrogen (secondary N) is 1. The van der Waals surface area contributed by atoms with E-state index in [1.807, 2.05) is 35.0 Å². The molecule has 0 aliphatic rings. The van der Waals surface area contributed by atoms with Gasteiger partial charge in [0.1, 0.15) is 23.8 Å². The Morgan fingerprint density at radius 2 is 1.87 bits per heavy atom. The monoisotopic (exact) mass is 423 g/mol. The molecule has 0 unspecified atom stereocenters. The average molecular weight is 423 g/mol. The van der Waals surface area contributed by atoms with Crippen LogP contribution in [0.2, 0.25) is 0 Å². The number of fused-ring (bicyclic) bond motifs is 1. The van der Waals surface area contributed by atoms with Crippen LogP contribution < -0.4 is 14.8 Å². The summed E-state index contributed by atoms with van der Waals surface area (Å²) < 4.78 is 36.4. The summed E-state index contributed by atoms with van der Waals surface area (Å²) in [6, 6.07) is 18.8. The largest absolute Gasteiger partial charge is 0.487 e. The molecule has 6 nitrogen and oxygen atoms in total. The normalized spacial score (nSPS) is 10.9. The molecule has 0 radical (unpaired) electrons. The fourth-order valence-corrected chi connectivity index (χ4v) is 3.06. The Kier molecular flexibility index (Phi) is 6.07. The lowest BCUT2D eigenvalue weighted by Crippen LogP contribution is -2.14. The molecule has 1 amide bonds. The van der Waals surface area contributed by atoms with E-state index < -0.39 is 6.61 Å². The number of ether oxygens (including phenoxy) is 2. The molecule has 0 aliphatic heterocycles. The highest BCUT2D eigenvalue weighted by atomic mass is 19.3. The standard InChI is InChI=1S/C23H19F2N3O3/c24-23(25)31-19-9-7-16(8-10-19)12-22(29)27-17-4-3-5-20(13-17)30-15-18-14-28-11-2-1-6-21(28)26-18/h1-11,13-14,23H,12,15H2,(H,27,29). The van der Waals surface area contributed by atoms with Gasteiger partial charge in [0.15, 0.2) is 0 Å². The molecular formula is C23H19F2N3O3. The van der Waals surface area contributed by atoms with Crippen molar-refractivity contribution in [2.45, 2.75) is 19.6 Å². The lowest BCUT2D eigenvalue weighted by molar-refractivity contribution is -0.115. The van der Waals surface area contributed by atoms with Gasteiger partial charge in [-0.15, -0.1) is 0 Å². The number of rotatable bonds is 8. The summed E-state index contributed by atoms with van der Waals surface area (Å²) in [5.74, 6) is 0.415. The molecule has 2 aromatic heterocycles. The Bertz CT molecular complexity index is 1140. The SMILES string of the molecule is O=C(Cc1ccc(OC(F)F)cc1)Nc1cccc(OCc2cn3ccccc3n2)c1. The molecule has 2 aromatic carbocycles. The van der Waals surface area contributed by atoms with Gasteiger partial charge in [-0.05, 0) is 42.0 Å². The van der Waals surface area contributed by atoms with Crippen LogP contribution >= 0.6 is 0 Å². The number of hydrogen-bond donors (Lipinski definition) is 1. The van der Waals surface area contributed by atoms with Crippen LogP contribution in [0.5, 0.6) is 11.5 Å². The van der Waals surface area contributed by atoms with E-state index >= 15 is 0 Å². The summed E-state index contributed by atoms with van der Waals surface area (Å²) in [4.78, 5) is 16.8. The minimum absolute atomic E-state index is 0.0506. The molecule has 0 saturated carbocycles. The number of aromatic nitrogens is 2. The lowest BCUT2D eigenvalue weighted by atomic mass is 10.1. The van der Waals surface area contributed by atoms with E-state index in [9.17, 15) is 13.6 Å². The molecule has 31 heavy (non-hydrogen) atoms. The van der Waals surface area contributed by atoms with E-state index in [4.69, 9.17) is 4.74 Å². The minimum Gasteiger partial charge on any atom is -0.487 e. The number of alkyl halides is 2. The quantitative estimate of drug-likeness (QED) is 0.446. The number of carbonyl (C=O) groups is 1. The van der Waals surface area contributed by atoms with Gasteiger partial charge in [0.05, 0.1) is 12.1 Å². The second-order valence-electron chi connectivity index (χ2n) is 6.76. The van der Waals surface area contributed by atoms with Gasteiger partial charge in [-0.3, -0.25) is 4.79 Å². The number of benzene rings is 2. The molecule has 4 rings (SSSR count). The van der Waals surface area contributed by atoms with Gasteiger partial charge in [-0.2, -0.15) is 8.78 Å². The third kappa shape index (κ3) is 5.57. The minimum atomic E-state index is -2.88. The van der Waals surface area contributed by atoms with Crippen molar-refractivity contribution in [3.05, 3.63) is 90.4 Å². The highest BCUT2D eigenvalue weighted by molar-refractivity contribution is 5.92. The predicted molar refractivity (Wildman–Crippen MR) is 111 cm³/mol. The van der Waals surface area contributed by atoms with Gasteiger partial charge in [0.25, 0.3) is 0 Å². The highest BCUT2D eigenvalue weighted by Gasteiger charge is 2.08. The van der Waals surface area contributed by atoms with Gasteiger partial charge in [-0.25, -0.2) is 4.98 Å². The van der Waals surface area contributed by atoms with E-state index in [1.165, 1.54) is 12.1 Å². The second kappa shape index (κ2) is 9.25. The molecule has 0 saturated heterocycles. The molecule has 8 heteroatoms. The zero-order valence-corrected chi connectivity index (χ0v) is 16.4. The molecule has 2 heterocycles. The molecule has 1 N–H and O–H groups in total. The molecule has 0 aliphatic carbocycles. The number of carbonyl (C=O) groups excluding carboxylic acids is 1. The molecule has 158 valence electrons. The summed E-state index contributed by atoms with van der Waals surface area (Å²) in [6.45, 7) is -2.58. The van der Waals surface area contributed by atoms with Crippen molar-refractivity contribution in [3.8, 4) is 11.5 Å². The summed E-state index contributed by atoms with van der Waals surface area (Å²) in [6.07, 6.45) is 3.92. The zero-order chi connectivity index (χ0) is 21.6. The molecule has 4 aromatic rings. The van der Waals surface area contributed by atoms with Crippen molar-refractivity contribution in [3.63, 3.8) is 0 Å². The van der Waals surface area contributed by atoms with Crippen molar-refractivity contribution >= 4 is 17.2 Å². The Labute approximate surface area is 177 Å². The third-order valence-electron chi connectivity index (χ3n) is 4.43. The van der Waals surface area contributed by atoms with Crippen molar-refractivity contribution in [1.29, 1.82) is 0 Å². The van der Waals surface area contributed by atoms with Crippen LogP contribution in [0.4, 0.5) is 14.5 Å². The number of nitrogens with zero attached hydrogens (tertiary/aromatic N) is 2. The molecule has 0 atom stereocenters. The summed E-state index contributed by atoms with van der Waals surface area (Å²) in [5, 5.41) is 2.81. The summed E-state index contributed by atoms with van der Waals surface area (Å²) >= 11 is 0. The summed E-state index contributed by atoms with van der Waals surface area (Å²) in [5.41, 5.74) is 2.91. The van der Waals surface area contributed by atoms with Crippen molar-refractivity contribution < 1.29 is 23.0 Å². The van der Waals surface area contributed by atoms with Gasteiger partial charge in [-0.1, -0.05) is 24.3 Å². The van der Waals surface area contributed by atoms with Crippen LogP contribution in [0, 0.1) is 0 Å². The lowest BCUT2D eigenvalue weighted by Gasteiger charge is -2.09. The molecule has 0 bridgehead atoms.